The van der Waals surface area contributed by atoms with E-state index >= 15 is 0 Å². The largest absolute Gasteiger partial charge is 0.334 e. The molecule has 0 N–H and O–H groups in total. The zero-order chi connectivity index (χ0) is 18.7. The van der Waals surface area contributed by atoms with E-state index < -0.39 is 10.0 Å². The Morgan fingerprint density at radius 2 is 1.73 bits per heavy atom. The Morgan fingerprint density at radius 3 is 2.38 bits per heavy atom. The van der Waals surface area contributed by atoms with Crippen LogP contribution < -0.4 is 0 Å². The lowest BCUT2D eigenvalue weighted by molar-refractivity contribution is 0.415. The molecule has 1 heterocycles. The molecule has 136 valence electrons. The van der Waals surface area contributed by atoms with E-state index in [9.17, 15) is 12.8 Å². The fourth-order valence-electron chi connectivity index (χ4n) is 2.33. The smallest absolute Gasteiger partial charge is 0.257 e. The van der Waals surface area contributed by atoms with Crippen LogP contribution in [0, 0.1) is 12.7 Å². The minimum absolute atomic E-state index is 0.207. The van der Waals surface area contributed by atoms with Crippen LogP contribution >= 0.6 is 0 Å². The van der Waals surface area contributed by atoms with Crippen molar-refractivity contribution in [2.45, 2.75) is 18.2 Å². The predicted octanol–water partition coefficient (Wildman–Crippen LogP) is 3.05. The molecule has 0 fully saturated rings. The highest BCUT2D eigenvalue weighted by Crippen LogP contribution is 2.18. The fourth-order valence-corrected chi connectivity index (χ4v) is 3.50. The lowest BCUT2D eigenvalue weighted by Crippen LogP contribution is -2.29. The maximum absolute atomic E-state index is 13.0. The van der Waals surface area contributed by atoms with Gasteiger partial charge >= 0.3 is 0 Å². The summed E-state index contributed by atoms with van der Waals surface area (Å²) in [6.07, 6.45) is 0.298. The van der Waals surface area contributed by atoms with Gasteiger partial charge in [0.1, 0.15) is 5.82 Å². The molecule has 1 aromatic heterocycles. The Kier molecular flexibility index (Phi) is 5.15. The molecule has 0 saturated carbocycles. The summed E-state index contributed by atoms with van der Waals surface area (Å²) in [7, 11) is -2.06. The highest BCUT2D eigenvalue weighted by molar-refractivity contribution is 7.89. The summed E-state index contributed by atoms with van der Waals surface area (Å²) in [4.78, 5) is 4.47. The molecule has 3 aromatic rings. The third-order valence-corrected chi connectivity index (χ3v) is 5.81. The van der Waals surface area contributed by atoms with E-state index in [2.05, 4.69) is 10.1 Å². The lowest BCUT2D eigenvalue weighted by atomic mass is 10.2. The average Bonchev–Trinajstić information content (AvgIpc) is 3.09. The maximum atomic E-state index is 13.0. The first-order chi connectivity index (χ1) is 12.4. The molecular weight excluding hydrogens is 357 g/mol. The Balaban J connectivity index is 1.67. The molecule has 0 amide bonds. The molecule has 26 heavy (non-hydrogen) atoms. The molecule has 8 heteroatoms. The van der Waals surface area contributed by atoms with Crippen molar-refractivity contribution in [2.75, 3.05) is 13.6 Å². The summed E-state index contributed by atoms with van der Waals surface area (Å²) in [5.74, 6) is 0.302. The number of aryl methyl sites for hydroxylation is 1. The Labute approximate surface area is 151 Å². The molecule has 0 radical (unpaired) electrons. The van der Waals surface area contributed by atoms with Crippen LogP contribution in [0.25, 0.3) is 11.5 Å². The van der Waals surface area contributed by atoms with Crippen molar-refractivity contribution in [3.8, 4) is 11.5 Å². The monoisotopic (exact) mass is 375 g/mol. The second-order valence-corrected chi connectivity index (χ2v) is 7.96. The minimum Gasteiger partial charge on any atom is -0.334 e. The van der Waals surface area contributed by atoms with Crippen molar-refractivity contribution in [1.29, 1.82) is 0 Å². The molecule has 0 spiro atoms. The van der Waals surface area contributed by atoms with E-state index in [-0.39, 0.29) is 23.1 Å². The SMILES string of the molecule is Cc1ccc(S(=O)(=O)N(C)CCc2noc(-c3ccc(F)cc3)n2)cc1. The van der Waals surface area contributed by atoms with Crippen molar-refractivity contribution in [1.82, 2.24) is 14.4 Å². The van der Waals surface area contributed by atoms with Gasteiger partial charge in [0.2, 0.25) is 10.0 Å². The summed E-state index contributed by atoms with van der Waals surface area (Å²) in [6, 6.07) is 12.4. The third-order valence-electron chi connectivity index (χ3n) is 3.94. The highest BCUT2D eigenvalue weighted by Gasteiger charge is 2.21. The number of halogens is 1. The first-order valence-electron chi connectivity index (χ1n) is 7.98. The van der Waals surface area contributed by atoms with Crippen molar-refractivity contribution in [2.24, 2.45) is 0 Å². The van der Waals surface area contributed by atoms with E-state index in [4.69, 9.17) is 4.52 Å². The van der Waals surface area contributed by atoms with Crippen LogP contribution in [0.2, 0.25) is 0 Å². The van der Waals surface area contributed by atoms with Crippen LogP contribution in [0.4, 0.5) is 4.39 Å². The van der Waals surface area contributed by atoms with E-state index in [1.165, 1.54) is 23.5 Å². The molecule has 0 unspecified atom stereocenters. The molecule has 0 bridgehead atoms. The van der Waals surface area contributed by atoms with Gasteiger partial charge in [0.05, 0.1) is 4.90 Å². The standard InChI is InChI=1S/C18H18FN3O3S/c1-13-3-9-16(10-4-13)26(23,24)22(2)12-11-17-20-18(25-21-17)14-5-7-15(19)8-6-14/h3-10H,11-12H2,1-2H3. The summed E-state index contributed by atoms with van der Waals surface area (Å²) in [5.41, 5.74) is 1.59. The van der Waals surface area contributed by atoms with Crippen molar-refractivity contribution < 1.29 is 17.3 Å². The fraction of sp³-hybridized carbons (Fsp3) is 0.222. The summed E-state index contributed by atoms with van der Waals surface area (Å²) in [6.45, 7) is 2.10. The quantitative estimate of drug-likeness (QED) is 0.662. The molecule has 0 saturated heterocycles. The second kappa shape index (κ2) is 7.35. The van der Waals surface area contributed by atoms with Crippen LogP contribution in [0.15, 0.2) is 57.9 Å². The topological polar surface area (TPSA) is 76.3 Å². The summed E-state index contributed by atoms with van der Waals surface area (Å²) in [5, 5.41) is 3.85. The van der Waals surface area contributed by atoms with Crippen LogP contribution in [0.3, 0.4) is 0 Å². The number of benzene rings is 2. The average molecular weight is 375 g/mol. The first-order valence-corrected chi connectivity index (χ1v) is 9.42. The van der Waals surface area contributed by atoms with Gasteiger partial charge in [-0.3, -0.25) is 0 Å². The van der Waals surface area contributed by atoms with Crippen LogP contribution in [-0.4, -0.2) is 36.5 Å². The Bertz CT molecular complexity index is 983. The molecule has 0 aliphatic rings. The molecule has 0 aliphatic carbocycles. The highest BCUT2D eigenvalue weighted by atomic mass is 32.2. The van der Waals surface area contributed by atoms with E-state index in [1.807, 2.05) is 6.92 Å². The first kappa shape index (κ1) is 18.2. The number of hydrogen-bond donors (Lipinski definition) is 0. The summed E-state index contributed by atoms with van der Waals surface area (Å²) >= 11 is 0. The number of hydrogen-bond acceptors (Lipinski definition) is 5. The van der Waals surface area contributed by atoms with Gasteiger partial charge in [-0.15, -0.1) is 0 Å². The number of sulfonamides is 1. The molecule has 0 aliphatic heterocycles. The number of nitrogens with zero attached hydrogens (tertiary/aromatic N) is 3. The molecule has 6 nitrogen and oxygen atoms in total. The number of likely N-dealkylation sites (N-methyl/N-ethyl adjacent to an activating group) is 1. The van der Waals surface area contributed by atoms with Gasteiger partial charge in [0.25, 0.3) is 5.89 Å². The van der Waals surface area contributed by atoms with Gasteiger partial charge in [-0.05, 0) is 43.3 Å². The Hall–Kier alpha value is -2.58. The van der Waals surface area contributed by atoms with Crippen LogP contribution in [0.1, 0.15) is 11.4 Å². The normalized spacial score (nSPS) is 11.8. The minimum atomic E-state index is -3.57. The van der Waals surface area contributed by atoms with E-state index in [0.717, 1.165) is 5.56 Å². The van der Waals surface area contributed by atoms with E-state index in [0.29, 0.717) is 17.8 Å². The lowest BCUT2D eigenvalue weighted by Gasteiger charge is -2.16. The van der Waals surface area contributed by atoms with Gasteiger partial charge in [0.15, 0.2) is 5.82 Å². The van der Waals surface area contributed by atoms with Crippen molar-refractivity contribution in [3.05, 3.63) is 65.7 Å². The third kappa shape index (κ3) is 3.97. The zero-order valence-electron chi connectivity index (χ0n) is 14.4. The Morgan fingerprint density at radius 1 is 1.08 bits per heavy atom. The van der Waals surface area contributed by atoms with E-state index in [1.54, 1.807) is 36.4 Å². The zero-order valence-corrected chi connectivity index (χ0v) is 15.2. The summed E-state index contributed by atoms with van der Waals surface area (Å²) < 4.78 is 44.5. The van der Waals surface area contributed by atoms with Crippen LogP contribution in [-0.2, 0) is 16.4 Å². The maximum Gasteiger partial charge on any atom is 0.257 e. The molecular formula is C18H18FN3O3S. The molecule has 0 atom stereocenters. The molecule has 2 aromatic carbocycles. The molecule has 3 rings (SSSR count). The van der Waals surface area contributed by atoms with Gasteiger partial charge in [0, 0.05) is 25.6 Å². The number of aromatic nitrogens is 2. The second-order valence-electron chi connectivity index (χ2n) is 5.91. The number of rotatable bonds is 6. The van der Waals surface area contributed by atoms with Gasteiger partial charge in [-0.25, -0.2) is 17.1 Å². The van der Waals surface area contributed by atoms with Gasteiger partial charge in [-0.2, -0.15) is 4.98 Å². The van der Waals surface area contributed by atoms with Gasteiger partial charge < -0.3 is 4.52 Å². The van der Waals surface area contributed by atoms with Crippen LogP contribution in [0.5, 0.6) is 0 Å². The predicted molar refractivity (Wildman–Crippen MR) is 94.4 cm³/mol. The van der Waals surface area contributed by atoms with Gasteiger partial charge in [-0.1, -0.05) is 22.9 Å². The van der Waals surface area contributed by atoms with Crippen molar-refractivity contribution >= 4 is 10.0 Å². The van der Waals surface area contributed by atoms with Crippen molar-refractivity contribution in [3.63, 3.8) is 0 Å².